The van der Waals surface area contributed by atoms with Crippen LogP contribution in [-0.4, -0.2) is 74.4 Å². The molecular formula is C30H32ClFN6O3. The average Bonchev–Trinajstić information content (AvgIpc) is 3.05. The van der Waals surface area contributed by atoms with Crippen molar-refractivity contribution in [2.45, 2.75) is 52.6 Å². The molecule has 2 amide bonds. The summed E-state index contributed by atoms with van der Waals surface area (Å²) in [5, 5.41) is 9.88. The molecule has 3 aromatic rings. The number of aliphatic imine (C=N–C) groups is 1. The Kier molecular flexibility index (Phi) is 7.70. The van der Waals surface area contributed by atoms with Crippen molar-refractivity contribution in [2.75, 3.05) is 24.5 Å². The number of anilines is 2. The number of hydrogen-bond acceptors (Lipinski definition) is 6. The van der Waals surface area contributed by atoms with Gasteiger partial charge in [0.1, 0.15) is 18.2 Å². The Bertz CT molecular complexity index is 1560. The van der Waals surface area contributed by atoms with E-state index in [1.165, 1.54) is 15.9 Å². The van der Waals surface area contributed by atoms with Gasteiger partial charge in [-0.25, -0.2) is 14.2 Å². The Morgan fingerprint density at radius 3 is 2.54 bits per heavy atom. The van der Waals surface area contributed by atoms with Crippen LogP contribution in [0.1, 0.15) is 50.4 Å². The first-order valence-electron chi connectivity index (χ1n) is 13.5. The predicted molar refractivity (Wildman–Crippen MR) is 157 cm³/mol. The minimum Gasteiger partial charge on any atom is -0.465 e. The van der Waals surface area contributed by atoms with Crippen LogP contribution in [0.2, 0.25) is 5.02 Å². The number of aryl methyl sites for hydroxylation is 1. The molecule has 1 fully saturated rings. The lowest BCUT2D eigenvalue weighted by atomic mass is 10.0. The summed E-state index contributed by atoms with van der Waals surface area (Å²) in [5.41, 5.74) is 3.06. The highest BCUT2D eigenvalue weighted by molar-refractivity contribution is 6.34. The van der Waals surface area contributed by atoms with Crippen LogP contribution in [0.4, 0.5) is 20.7 Å². The van der Waals surface area contributed by atoms with Crippen molar-refractivity contribution >= 4 is 40.9 Å². The smallest absolute Gasteiger partial charge is 0.407 e. The van der Waals surface area contributed by atoms with Crippen LogP contribution in [0.5, 0.6) is 0 Å². The van der Waals surface area contributed by atoms with E-state index in [1.54, 1.807) is 30.5 Å². The van der Waals surface area contributed by atoms with Gasteiger partial charge < -0.3 is 14.9 Å². The fourth-order valence-corrected chi connectivity index (χ4v) is 5.78. The van der Waals surface area contributed by atoms with Gasteiger partial charge >= 0.3 is 6.09 Å². The van der Waals surface area contributed by atoms with Crippen LogP contribution < -0.4 is 4.90 Å². The number of aromatic nitrogens is 2. The van der Waals surface area contributed by atoms with Crippen LogP contribution in [0.25, 0.3) is 11.3 Å². The van der Waals surface area contributed by atoms with E-state index < -0.39 is 11.9 Å². The molecule has 2 atom stereocenters. The normalized spacial score (nSPS) is 19.3. The molecule has 2 aliphatic rings. The van der Waals surface area contributed by atoms with E-state index >= 15 is 0 Å². The maximum absolute atomic E-state index is 15.0. The second-order valence-corrected chi connectivity index (χ2v) is 11.2. The highest BCUT2D eigenvalue weighted by Gasteiger charge is 2.38. The van der Waals surface area contributed by atoms with Gasteiger partial charge in [-0.2, -0.15) is 0 Å². The van der Waals surface area contributed by atoms with E-state index in [9.17, 15) is 19.1 Å². The van der Waals surface area contributed by atoms with Gasteiger partial charge in [-0.15, -0.1) is 0 Å². The third kappa shape index (κ3) is 5.12. The van der Waals surface area contributed by atoms with Gasteiger partial charge in [0.15, 0.2) is 5.82 Å². The van der Waals surface area contributed by atoms with Gasteiger partial charge in [-0.05, 0) is 56.5 Å². The van der Waals surface area contributed by atoms with Crippen LogP contribution in [-0.2, 0) is 4.79 Å². The molecule has 5 rings (SSSR count). The quantitative estimate of drug-likeness (QED) is 0.417. The fraction of sp³-hybridized carbons (Fsp3) is 0.367. The third-order valence-electron chi connectivity index (χ3n) is 7.58. The van der Waals surface area contributed by atoms with Gasteiger partial charge in [0.05, 0.1) is 27.7 Å². The SMILES string of the molecule is Cc1ccnc(C(C)C)c1N1C(=O)CN=C(N2C[C@@H](C)N(C(=O)O)C[C@@H]2C)c2cc(Cl)c(-c3ccccc3F)nc21. The molecule has 1 saturated heterocycles. The summed E-state index contributed by atoms with van der Waals surface area (Å²) >= 11 is 6.79. The van der Waals surface area contributed by atoms with Crippen molar-refractivity contribution < 1.29 is 19.1 Å². The highest BCUT2D eigenvalue weighted by Crippen LogP contribution is 2.41. The topological polar surface area (TPSA) is 102 Å². The van der Waals surface area contributed by atoms with E-state index in [1.807, 2.05) is 45.6 Å². The molecule has 0 unspecified atom stereocenters. The zero-order valence-corrected chi connectivity index (χ0v) is 24.4. The zero-order valence-electron chi connectivity index (χ0n) is 23.6. The zero-order chi connectivity index (χ0) is 29.6. The molecular weight excluding hydrogens is 547 g/mol. The second kappa shape index (κ2) is 11.1. The molecule has 0 aliphatic carbocycles. The number of halogens is 2. The Balaban J connectivity index is 1.76. The largest absolute Gasteiger partial charge is 0.465 e. The van der Waals surface area contributed by atoms with Crippen LogP contribution in [0.3, 0.4) is 0 Å². The molecule has 0 spiro atoms. The molecule has 0 saturated carbocycles. The van der Waals surface area contributed by atoms with E-state index in [-0.39, 0.29) is 59.1 Å². The Morgan fingerprint density at radius 2 is 1.85 bits per heavy atom. The van der Waals surface area contributed by atoms with E-state index in [2.05, 4.69) is 4.98 Å². The van der Waals surface area contributed by atoms with Crippen molar-refractivity contribution in [3.8, 4) is 11.3 Å². The first kappa shape index (κ1) is 28.5. The van der Waals surface area contributed by atoms with Crippen LogP contribution in [0, 0.1) is 12.7 Å². The second-order valence-electron chi connectivity index (χ2n) is 10.8. The number of nitrogens with zero attached hydrogens (tertiary/aromatic N) is 6. The predicted octanol–water partition coefficient (Wildman–Crippen LogP) is 5.87. The number of hydrogen-bond donors (Lipinski definition) is 1. The lowest BCUT2D eigenvalue weighted by Gasteiger charge is -2.44. The molecule has 1 aromatic carbocycles. The molecule has 2 aromatic heterocycles. The summed E-state index contributed by atoms with van der Waals surface area (Å²) < 4.78 is 15.0. The number of piperazine rings is 1. The molecule has 11 heteroatoms. The van der Waals surface area contributed by atoms with Crippen molar-refractivity contribution in [1.82, 2.24) is 19.8 Å². The molecule has 0 bridgehead atoms. The molecule has 4 heterocycles. The van der Waals surface area contributed by atoms with E-state index in [0.29, 0.717) is 29.3 Å². The fourth-order valence-electron chi connectivity index (χ4n) is 5.52. The number of carboxylic acid groups (broad SMARTS) is 1. The van der Waals surface area contributed by atoms with Crippen molar-refractivity contribution in [3.63, 3.8) is 0 Å². The Labute approximate surface area is 243 Å². The van der Waals surface area contributed by atoms with Gasteiger partial charge in [0, 0.05) is 36.9 Å². The molecule has 0 radical (unpaired) electrons. The lowest BCUT2D eigenvalue weighted by Crippen LogP contribution is -2.59. The van der Waals surface area contributed by atoms with E-state index in [0.717, 1.165) is 5.56 Å². The first-order chi connectivity index (χ1) is 19.5. The summed E-state index contributed by atoms with van der Waals surface area (Å²) in [7, 11) is 0. The summed E-state index contributed by atoms with van der Waals surface area (Å²) in [6.45, 7) is 10.1. The number of amides is 2. The number of fused-ring (bicyclic) bond motifs is 1. The number of carbonyl (C=O) groups excluding carboxylic acids is 1. The van der Waals surface area contributed by atoms with Gasteiger partial charge in [-0.3, -0.25) is 19.7 Å². The maximum atomic E-state index is 15.0. The average molecular weight is 579 g/mol. The summed E-state index contributed by atoms with van der Waals surface area (Å²) in [5.74, 6) is -0.0591. The minimum atomic E-state index is -0.985. The lowest BCUT2D eigenvalue weighted by molar-refractivity contribution is -0.116. The standard InChI is InChI=1S/C30H32ClFN6O3/c1-16(2)25-27(17(3)10-11-33-25)38-24(39)13-34-28(36-14-19(5)37(30(40)41)15-18(36)4)21-12-22(31)26(35-29(21)38)20-8-6-7-9-23(20)32/h6-12,16,18-19H,13-15H2,1-5H3,(H,40,41)/t18-,19+/m0/s1. The molecule has 214 valence electrons. The number of benzene rings is 1. The Hall–Kier alpha value is -4.05. The van der Waals surface area contributed by atoms with E-state index in [4.69, 9.17) is 21.6 Å². The van der Waals surface area contributed by atoms with Crippen LogP contribution >= 0.6 is 11.6 Å². The van der Waals surface area contributed by atoms with Gasteiger partial charge in [0.2, 0.25) is 0 Å². The summed E-state index contributed by atoms with van der Waals surface area (Å²) in [6.07, 6.45) is 0.728. The van der Waals surface area contributed by atoms with Gasteiger partial charge in [-0.1, -0.05) is 37.6 Å². The van der Waals surface area contributed by atoms with Crippen molar-refractivity contribution in [2.24, 2.45) is 4.99 Å². The maximum Gasteiger partial charge on any atom is 0.407 e. The van der Waals surface area contributed by atoms with Crippen molar-refractivity contribution in [1.29, 1.82) is 0 Å². The molecule has 1 N–H and O–H groups in total. The van der Waals surface area contributed by atoms with Crippen molar-refractivity contribution in [3.05, 3.63) is 70.3 Å². The Morgan fingerprint density at radius 1 is 1.12 bits per heavy atom. The highest BCUT2D eigenvalue weighted by atomic mass is 35.5. The number of amidine groups is 1. The van der Waals surface area contributed by atoms with Gasteiger partial charge in [0.25, 0.3) is 5.91 Å². The third-order valence-corrected chi connectivity index (χ3v) is 7.87. The number of rotatable bonds is 3. The summed E-state index contributed by atoms with van der Waals surface area (Å²) in [6, 6.07) is 9.17. The number of carbonyl (C=O) groups is 2. The molecule has 2 aliphatic heterocycles. The molecule has 9 nitrogen and oxygen atoms in total. The molecule has 41 heavy (non-hydrogen) atoms. The monoisotopic (exact) mass is 578 g/mol. The minimum absolute atomic E-state index is 0.00639. The first-order valence-corrected chi connectivity index (χ1v) is 13.9. The summed E-state index contributed by atoms with van der Waals surface area (Å²) in [4.78, 5) is 44.9. The van der Waals surface area contributed by atoms with Crippen LogP contribution in [0.15, 0.2) is 47.6 Å². The number of pyridine rings is 2.